The Kier molecular flexibility index (Phi) is 5.58. The summed E-state index contributed by atoms with van der Waals surface area (Å²) in [6.45, 7) is 1.35. The first kappa shape index (κ1) is 21.6. The van der Waals surface area contributed by atoms with Gasteiger partial charge in [-0.3, -0.25) is 4.79 Å². The van der Waals surface area contributed by atoms with Crippen LogP contribution in [0.15, 0.2) is 66.9 Å². The van der Waals surface area contributed by atoms with Crippen molar-refractivity contribution in [2.75, 3.05) is 12.3 Å². The number of nitrogens with two attached hydrogens (primary N) is 1. The van der Waals surface area contributed by atoms with Crippen molar-refractivity contribution in [1.82, 2.24) is 4.40 Å². The van der Waals surface area contributed by atoms with E-state index in [1.807, 2.05) is 25.1 Å². The Hall–Kier alpha value is -4.59. The van der Waals surface area contributed by atoms with Crippen LogP contribution in [0.25, 0.3) is 16.6 Å². The molecule has 0 saturated heterocycles. The summed E-state index contributed by atoms with van der Waals surface area (Å²) in [5.41, 5.74) is 9.27. The van der Waals surface area contributed by atoms with Crippen molar-refractivity contribution >= 4 is 28.9 Å². The number of pyridine rings is 1. The zero-order valence-corrected chi connectivity index (χ0v) is 17.6. The minimum absolute atomic E-state index is 0.0784. The maximum Gasteiger partial charge on any atom is 0.341 e. The molecule has 2 aromatic heterocycles. The van der Waals surface area contributed by atoms with E-state index in [9.17, 15) is 19.5 Å². The number of carboxylic acid groups (broad SMARTS) is 2. The second-order valence-corrected chi connectivity index (χ2v) is 7.45. The number of aromatic nitrogens is 1. The van der Waals surface area contributed by atoms with E-state index >= 15 is 0 Å². The van der Waals surface area contributed by atoms with E-state index in [1.165, 1.54) is 18.2 Å². The number of nitrogens with zero attached hydrogens (tertiary/aromatic N) is 1. The van der Waals surface area contributed by atoms with E-state index in [0.717, 1.165) is 16.6 Å². The Morgan fingerprint density at radius 2 is 1.79 bits per heavy atom. The molecule has 8 nitrogen and oxygen atoms in total. The number of benzene rings is 2. The van der Waals surface area contributed by atoms with Gasteiger partial charge in [0.1, 0.15) is 5.75 Å². The first-order valence-corrected chi connectivity index (χ1v) is 10.00. The van der Waals surface area contributed by atoms with E-state index in [-0.39, 0.29) is 22.6 Å². The number of nitrogen functional groups attached to an aromatic ring is 1. The second kappa shape index (κ2) is 8.51. The topological polar surface area (TPSA) is 131 Å². The quantitative estimate of drug-likeness (QED) is 0.291. The summed E-state index contributed by atoms with van der Waals surface area (Å²) in [7, 11) is 0. The van der Waals surface area contributed by atoms with Gasteiger partial charge in [-0.25, -0.2) is 9.59 Å². The third-order valence-corrected chi connectivity index (χ3v) is 5.33. The summed E-state index contributed by atoms with van der Waals surface area (Å²) >= 11 is 0. The molecule has 0 aliphatic carbocycles. The fourth-order valence-electron chi connectivity index (χ4n) is 3.88. The van der Waals surface area contributed by atoms with Crippen molar-refractivity contribution in [2.45, 2.75) is 6.92 Å². The van der Waals surface area contributed by atoms with Crippen molar-refractivity contribution < 1.29 is 29.3 Å². The highest BCUT2D eigenvalue weighted by Gasteiger charge is 2.24. The number of hydrogen-bond acceptors (Lipinski definition) is 5. The number of ketones is 1. The van der Waals surface area contributed by atoms with Gasteiger partial charge in [0.2, 0.25) is 5.78 Å². The highest BCUT2D eigenvalue weighted by atomic mass is 16.5. The molecule has 4 aromatic rings. The predicted molar refractivity (Wildman–Crippen MR) is 122 cm³/mol. The number of aliphatic carboxylic acids is 1. The first-order chi connectivity index (χ1) is 15.8. The molecule has 0 amide bonds. The Bertz CT molecular complexity index is 1420. The predicted octanol–water partition coefficient (Wildman–Crippen LogP) is 3.89. The van der Waals surface area contributed by atoms with Gasteiger partial charge in [-0.05, 0) is 60.5 Å². The molecule has 0 saturated carbocycles. The van der Waals surface area contributed by atoms with Crippen LogP contribution < -0.4 is 10.5 Å². The molecule has 0 atom stereocenters. The van der Waals surface area contributed by atoms with Crippen LogP contribution in [0.2, 0.25) is 0 Å². The fraction of sp³-hybridized carbons (Fsp3) is 0.0800. The average Bonchev–Trinajstić information content (AvgIpc) is 3.09. The number of carbonyl (C=O) groups is 3. The Labute approximate surface area is 188 Å². The van der Waals surface area contributed by atoms with Gasteiger partial charge in [0.15, 0.2) is 6.61 Å². The number of anilines is 1. The van der Waals surface area contributed by atoms with E-state index < -0.39 is 18.5 Å². The smallest absolute Gasteiger partial charge is 0.341 e. The molecule has 0 aliphatic heterocycles. The molecule has 0 bridgehead atoms. The lowest BCUT2D eigenvalue weighted by Crippen LogP contribution is -2.10. The number of aromatic carboxylic acids is 1. The molecule has 4 rings (SSSR count). The molecule has 2 aromatic carbocycles. The monoisotopic (exact) mass is 444 g/mol. The zero-order chi connectivity index (χ0) is 23.7. The second-order valence-electron chi connectivity index (χ2n) is 7.45. The third-order valence-electron chi connectivity index (χ3n) is 5.33. The number of rotatable bonds is 7. The van der Waals surface area contributed by atoms with Gasteiger partial charge >= 0.3 is 11.9 Å². The zero-order valence-electron chi connectivity index (χ0n) is 17.6. The number of carboxylic acids is 2. The molecule has 0 spiro atoms. The highest BCUT2D eigenvalue weighted by molar-refractivity contribution is 6.13. The molecule has 8 heteroatoms. The summed E-state index contributed by atoms with van der Waals surface area (Å²) < 4.78 is 7.07. The van der Waals surface area contributed by atoms with Crippen molar-refractivity contribution in [3.8, 4) is 16.9 Å². The maximum absolute atomic E-state index is 13.5. The van der Waals surface area contributed by atoms with Crippen LogP contribution in [0.4, 0.5) is 5.69 Å². The van der Waals surface area contributed by atoms with Crippen molar-refractivity contribution in [3.63, 3.8) is 0 Å². The molecule has 2 heterocycles. The molecular weight excluding hydrogens is 424 g/mol. The van der Waals surface area contributed by atoms with Crippen molar-refractivity contribution in [3.05, 3.63) is 89.2 Å². The van der Waals surface area contributed by atoms with Crippen LogP contribution in [-0.2, 0) is 4.79 Å². The van der Waals surface area contributed by atoms with Gasteiger partial charge in [0.25, 0.3) is 0 Å². The fourth-order valence-corrected chi connectivity index (χ4v) is 3.88. The van der Waals surface area contributed by atoms with E-state index in [1.54, 1.807) is 34.9 Å². The molecule has 0 unspecified atom stereocenters. The minimum Gasteiger partial charge on any atom is -0.482 e. The first-order valence-electron chi connectivity index (χ1n) is 10.00. The van der Waals surface area contributed by atoms with E-state index in [4.69, 9.17) is 15.6 Å². The molecule has 33 heavy (non-hydrogen) atoms. The van der Waals surface area contributed by atoms with Crippen molar-refractivity contribution in [1.29, 1.82) is 0 Å². The lowest BCUT2D eigenvalue weighted by molar-refractivity contribution is -0.139. The van der Waals surface area contributed by atoms with Crippen LogP contribution in [0, 0.1) is 6.92 Å². The van der Waals surface area contributed by atoms with Crippen LogP contribution >= 0.6 is 0 Å². The summed E-state index contributed by atoms with van der Waals surface area (Å²) in [5, 5.41) is 18.3. The minimum atomic E-state index is -1.21. The van der Waals surface area contributed by atoms with Gasteiger partial charge < -0.3 is 25.1 Å². The molecule has 0 fully saturated rings. The molecule has 4 N–H and O–H groups in total. The molecule has 0 aliphatic rings. The molecule has 166 valence electrons. The number of carbonyl (C=O) groups excluding carboxylic acids is 1. The number of ether oxygens (including phenoxy) is 1. The maximum atomic E-state index is 13.5. The van der Waals surface area contributed by atoms with Crippen LogP contribution in [0.5, 0.6) is 5.75 Å². The summed E-state index contributed by atoms with van der Waals surface area (Å²) in [6.07, 6.45) is 1.76. The van der Waals surface area contributed by atoms with E-state index in [2.05, 4.69) is 0 Å². The van der Waals surface area contributed by atoms with Crippen LogP contribution in [0.1, 0.15) is 32.0 Å². The number of hydrogen-bond donors (Lipinski definition) is 3. The Morgan fingerprint density at radius 1 is 1.00 bits per heavy atom. The van der Waals surface area contributed by atoms with Crippen LogP contribution in [0.3, 0.4) is 0 Å². The molecule has 0 radical (unpaired) electrons. The Balaban J connectivity index is 1.87. The number of fused-ring (bicyclic) bond motifs is 1. The Morgan fingerprint density at radius 3 is 2.52 bits per heavy atom. The lowest BCUT2D eigenvalue weighted by atomic mass is 9.98. The SMILES string of the molecule is Cc1c(-c2cccc(OCC(=O)O)c2)c2ccccn2c1C(=O)c1ccc(N)c(C(=O)O)c1. The van der Waals surface area contributed by atoms with Crippen LogP contribution in [-0.4, -0.2) is 38.9 Å². The summed E-state index contributed by atoms with van der Waals surface area (Å²) in [4.78, 5) is 35.8. The van der Waals surface area contributed by atoms with Gasteiger partial charge in [-0.1, -0.05) is 18.2 Å². The average molecular weight is 444 g/mol. The largest absolute Gasteiger partial charge is 0.482 e. The highest BCUT2D eigenvalue weighted by Crippen LogP contribution is 2.35. The standard InChI is InChI=1S/C25H20N2O6/c1-14-22(15-5-4-6-17(11-15)33-13-21(28)29)20-7-2-3-10-27(20)23(14)24(30)16-8-9-19(26)18(12-16)25(31)32/h2-12H,13,26H2,1H3,(H,28,29)(H,31,32). The van der Waals surface area contributed by atoms with Gasteiger partial charge in [-0.15, -0.1) is 0 Å². The lowest BCUT2D eigenvalue weighted by Gasteiger charge is -2.07. The van der Waals surface area contributed by atoms with Gasteiger partial charge in [-0.2, -0.15) is 0 Å². The van der Waals surface area contributed by atoms with Crippen molar-refractivity contribution in [2.24, 2.45) is 0 Å². The molecular formula is C25H20N2O6. The van der Waals surface area contributed by atoms with Gasteiger partial charge in [0, 0.05) is 23.0 Å². The van der Waals surface area contributed by atoms with Gasteiger partial charge in [0.05, 0.1) is 16.8 Å². The normalized spacial score (nSPS) is 10.8. The summed E-state index contributed by atoms with van der Waals surface area (Å²) in [5.74, 6) is -2.25. The summed E-state index contributed by atoms with van der Waals surface area (Å²) in [6, 6.07) is 16.7. The third kappa shape index (κ3) is 4.01. The van der Waals surface area contributed by atoms with E-state index in [0.29, 0.717) is 17.0 Å².